The monoisotopic (exact) mass is 547 g/mol. The molecule has 2 aromatic carbocycles. The Balaban J connectivity index is 0.00000341. The summed E-state index contributed by atoms with van der Waals surface area (Å²) in [5.41, 5.74) is 2.85. The van der Waals surface area contributed by atoms with Gasteiger partial charge in [-0.3, -0.25) is 0 Å². The van der Waals surface area contributed by atoms with Gasteiger partial charge < -0.3 is 19.9 Å². The summed E-state index contributed by atoms with van der Waals surface area (Å²) < 4.78 is 43.4. The number of hydrogen-bond donors (Lipinski definition) is 2. The lowest BCUT2D eigenvalue weighted by atomic mass is 10.2. The molecule has 0 unspecified atom stereocenters. The van der Waals surface area contributed by atoms with Gasteiger partial charge in [-0.05, 0) is 36.8 Å². The highest BCUT2D eigenvalue weighted by Crippen LogP contribution is 2.19. The van der Waals surface area contributed by atoms with E-state index in [0.717, 1.165) is 22.4 Å². The lowest BCUT2D eigenvalue weighted by Gasteiger charge is -2.12. The molecule has 168 valence electrons. The van der Waals surface area contributed by atoms with Crippen LogP contribution in [0.3, 0.4) is 0 Å². The molecule has 0 fully saturated rings. The van der Waals surface area contributed by atoms with E-state index in [4.69, 9.17) is 4.74 Å². The Morgan fingerprint density at radius 3 is 2.45 bits per heavy atom. The Morgan fingerprint density at radius 2 is 1.81 bits per heavy atom. The molecule has 0 aliphatic rings. The molecule has 0 aliphatic carbocycles. The first-order chi connectivity index (χ1) is 14.4. The van der Waals surface area contributed by atoms with Crippen LogP contribution in [-0.4, -0.2) is 34.8 Å². The molecule has 6 nitrogen and oxygen atoms in total. The summed E-state index contributed by atoms with van der Waals surface area (Å²) in [6.07, 6.45) is -4.35. The number of para-hydroxylation sites is 2. The average Bonchev–Trinajstić information content (AvgIpc) is 3.05. The van der Waals surface area contributed by atoms with E-state index in [0.29, 0.717) is 25.6 Å². The average molecular weight is 547 g/mol. The van der Waals surface area contributed by atoms with Crippen molar-refractivity contribution in [1.29, 1.82) is 0 Å². The maximum Gasteiger partial charge on any atom is 0.422 e. The third-order valence-electron chi connectivity index (χ3n) is 4.38. The van der Waals surface area contributed by atoms with Crippen molar-refractivity contribution in [3.05, 3.63) is 59.9 Å². The highest BCUT2D eigenvalue weighted by Gasteiger charge is 2.28. The second-order valence-corrected chi connectivity index (χ2v) is 6.67. The fourth-order valence-electron chi connectivity index (χ4n) is 2.88. The van der Waals surface area contributed by atoms with Crippen LogP contribution < -0.4 is 15.4 Å². The first kappa shape index (κ1) is 24.8. The number of guanidine groups is 1. The molecule has 3 aromatic rings. The number of nitrogens with one attached hydrogen (secondary N) is 2. The zero-order chi connectivity index (χ0) is 21.6. The van der Waals surface area contributed by atoms with Gasteiger partial charge in [0.15, 0.2) is 12.6 Å². The minimum absolute atomic E-state index is 0. The van der Waals surface area contributed by atoms with Gasteiger partial charge in [0.1, 0.15) is 11.6 Å². The van der Waals surface area contributed by atoms with Crippen molar-refractivity contribution in [3.8, 4) is 5.75 Å². The fraction of sp³-hybridized carbons (Fsp3) is 0.333. The first-order valence-electron chi connectivity index (χ1n) is 9.56. The zero-order valence-corrected chi connectivity index (χ0v) is 19.6. The van der Waals surface area contributed by atoms with Gasteiger partial charge >= 0.3 is 6.18 Å². The molecule has 3 rings (SSSR count). The predicted octanol–water partition coefficient (Wildman–Crippen LogP) is 4.39. The Bertz CT molecular complexity index is 1000. The fourth-order valence-corrected chi connectivity index (χ4v) is 2.88. The summed E-state index contributed by atoms with van der Waals surface area (Å²) >= 11 is 0. The van der Waals surface area contributed by atoms with Crippen LogP contribution in [0.1, 0.15) is 18.3 Å². The number of nitrogens with zero attached hydrogens (tertiary/aromatic N) is 3. The molecule has 0 saturated heterocycles. The van der Waals surface area contributed by atoms with Crippen LogP contribution in [0.5, 0.6) is 5.75 Å². The summed E-state index contributed by atoms with van der Waals surface area (Å²) in [5.74, 6) is 1.68. The van der Waals surface area contributed by atoms with Gasteiger partial charge in [-0.15, -0.1) is 24.0 Å². The number of fused-ring (bicyclic) bond motifs is 1. The molecule has 0 aliphatic heterocycles. The number of aryl methyl sites for hydroxylation is 1. The van der Waals surface area contributed by atoms with Crippen molar-refractivity contribution in [2.45, 2.75) is 26.2 Å². The van der Waals surface area contributed by atoms with Gasteiger partial charge in [0.25, 0.3) is 0 Å². The zero-order valence-electron chi connectivity index (χ0n) is 17.2. The van der Waals surface area contributed by atoms with E-state index in [1.165, 1.54) is 12.1 Å². The number of alkyl halides is 3. The van der Waals surface area contributed by atoms with Crippen LogP contribution in [0.25, 0.3) is 11.0 Å². The Kier molecular flexibility index (Phi) is 8.96. The molecule has 0 saturated carbocycles. The number of aromatic nitrogens is 2. The largest absolute Gasteiger partial charge is 0.484 e. The van der Waals surface area contributed by atoms with E-state index in [1.54, 1.807) is 12.1 Å². The standard InChI is InChI=1S/C21H24F3N5O.HI/c1-3-25-20(27-13-19-28-17-6-4-5-7-18(17)29(19)2)26-12-15-8-10-16(11-9-15)30-14-21(22,23)24;/h4-11H,3,12-14H2,1-2H3,(H2,25,26,27);1H. The van der Waals surface area contributed by atoms with Gasteiger partial charge in [-0.1, -0.05) is 24.3 Å². The van der Waals surface area contributed by atoms with Gasteiger partial charge in [-0.25, -0.2) is 9.98 Å². The summed E-state index contributed by atoms with van der Waals surface area (Å²) in [7, 11) is 1.97. The van der Waals surface area contributed by atoms with E-state index in [1.807, 2.05) is 42.8 Å². The van der Waals surface area contributed by atoms with Crippen LogP contribution in [0.4, 0.5) is 13.2 Å². The highest BCUT2D eigenvalue weighted by atomic mass is 127. The second-order valence-electron chi connectivity index (χ2n) is 6.67. The quantitative estimate of drug-likeness (QED) is 0.262. The van der Waals surface area contributed by atoms with Crippen LogP contribution in [0, 0.1) is 0 Å². The molecule has 31 heavy (non-hydrogen) atoms. The summed E-state index contributed by atoms with van der Waals surface area (Å²) in [5, 5.41) is 6.44. The van der Waals surface area contributed by atoms with E-state index < -0.39 is 12.8 Å². The molecule has 0 spiro atoms. The molecule has 2 N–H and O–H groups in total. The minimum Gasteiger partial charge on any atom is -0.484 e. The van der Waals surface area contributed by atoms with Crippen LogP contribution >= 0.6 is 24.0 Å². The minimum atomic E-state index is -4.35. The third kappa shape index (κ3) is 7.30. The van der Waals surface area contributed by atoms with Crippen molar-refractivity contribution in [2.75, 3.05) is 13.2 Å². The van der Waals surface area contributed by atoms with Crippen LogP contribution in [0.15, 0.2) is 53.5 Å². The topological polar surface area (TPSA) is 63.5 Å². The third-order valence-corrected chi connectivity index (χ3v) is 4.38. The number of hydrogen-bond acceptors (Lipinski definition) is 3. The number of aliphatic imine (C=N–C) groups is 1. The van der Waals surface area contributed by atoms with Crippen LogP contribution in [0.2, 0.25) is 0 Å². The lowest BCUT2D eigenvalue weighted by molar-refractivity contribution is -0.153. The molecule has 0 radical (unpaired) electrons. The molecular weight excluding hydrogens is 522 g/mol. The van der Waals surface area contributed by atoms with Gasteiger partial charge in [0.2, 0.25) is 0 Å². The highest BCUT2D eigenvalue weighted by molar-refractivity contribution is 14.0. The van der Waals surface area contributed by atoms with E-state index in [9.17, 15) is 13.2 Å². The summed E-state index contributed by atoms with van der Waals surface area (Å²) in [6.45, 7) is 2.23. The number of ether oxygens (including phenoxy) is 1. The second kappa shape index (κ2) is 11.2. The maximum absolute atomic E-state index is 12.2. The number of rotatable bonds is 7. The van der Waals surface area contributed by atoms with Crippen molar-refractivity contribution in [1.82, 2.24) is 20.2 Å². The van der Waals surface area contributed by atoms with Gasteiger partial charge in [0.05, 0.1) is 24.1 Å². The predicted molar refractivity (Wildman–Crippen MR) is 126 cm³/mol. The Morgan fingerprint density at radius 1 is 1.10 bits per heavy atom. The first-order valence-corrected chi connectivity index (χ1v) is 9.56. The van der Waals surface area contributed by atoms with E-state index in [-0.39, 0.29) is 29.7 Å². The summed E-state index contributed by atoms with van der Waals surface area (Å²) in [4.78, 5) is 9.16. The van der Waals surface area contributed by atoms with Crippen molar-refractivity contribution >= 4 is 41.0 Å². The van der Waals surface area contributed by atoms with Crippen molar-refractivity contribution in [2.24, 2.45) is 12.0 Å². The van der Waals surface area contributed by atoms with E-state index in [2.05, 4.69) is 20.6 Å². The van der Waals surface area contributed by atoms with Gasteiger partial charge in [0, 0.05) is 13.6 Å². The van der Waals surface area contributed by atoms with E-state index >= 15 is 0 Å². The smallest absolute Gasteiger partial charge is 0.422 e. The Hall–Kier alpha value is -2.50. The van der Waals surface area contributed by atoms with Gasteiger partial charge in [-0.2, -0.15) is 13.2 Å². The molecule has 0 bridgehead atoms. The normalized spacial score (nSPS) is 11.8. The molecule has 1 heterocycles. The molecular formula is C21H25F3IN5O. The molecule has 0 atom stereocenters. The molecule has 0 amide bonds. The Labute approximate surface area is 195 Å². The van der Waals surface area contributed by atoms with Crippen molar-refractivity contribution < 1.29 is 17.9 Å². The van der Waals surface area contributed by atoms with Crippen molar-refractivity contribution in [3.63, 3.8) is 0 Å². The SMILES string of the molecule is CCNC(=NCc1ccc(OCC(F)(F)F)cc1)NCc1nc2ccccc2n1C.I. The number of imidazole rings is 1. The molecule has 10 heteroatoms. The number of halogens is 4. The maximum atomic E-state index is 12.2. The molecule has 1 aromatic heterocycles. The number of benzene rings is 2. The van der Waals surface area contributed by atoms with Crippen LogP contribution in [-0.2, 0) is 20.1 Å². The summed E-state index contributed by atoms with van der Waals surface area (Å²) in [6, 6.07) is 14.3. The lowest BCUT2D eigenvalue weighted by Crippen LogP contribution is -2.37.